The Kier molecular flexibility index (Phi) is 8.04. The number of thioether (sulfide) groups is 1. The van der Waals surface area contributed by atoms with Gasteiger partial charge in [-0.2, -0.15) is 0 Å². The molecule has 1 atom stereocenters. The number of amides is 1. The molecule has 170 valence electrons. The summed E-state index contributed by atoms with van der Waals surface area (Å²) in [7, 11) is 1.61. The van der Waals surface area contributed by atoms with E-state index < -0.39 is 0 Å². The van der Waals surface area contributed by atoms with E-state index in [0.717, 1.165) is 11.3 Å². The smallest absolute Gasteiger partial charge is 0.234 e. The summed E-state index contributed by atoms with van der Waals surface area (Å²) < 4.78 is 13.5. The van der Waals surface area contributed by atoms with Crippen LogP contribution in [0.5, 0.6) is 11.5 Å². The molecule has 32 heavy (non-hydrogen) atoms. The first-order valence-electron chi connectivity index (χ1n) is 10.2. The van der Waals surface area contributed by atoms with E-state index in [9.17, 15) is 4.79 Å². The lowest BCUT2D eigenvalue weighted by atomic mass is 10.2. The first-order valence-corrected chi connectivity index (χ1v) is 11.6. The van der Waals surface area contributed by atoms with Crippen LogP contribution >= 0.6 is 23.4 Å². The van der Waals surface area contributed by atoms with Crippen molar-refractivity contribution < 1.29 is 14.3 Å². The van der Waals surface area contributed by atoms with Gasteiger partial charge in [0.25, 0.3) is 0 Å². The van der Waals surface area contributed by atoms with Crippen LogP contribution in [0.1, 0.15) is 44.3 Å². The molecule has 1 aromatic heterocycles. The third-order valence-electron chi connectivity index (χ3n) is 4.74. The highest BCUT2D eigenvalue weighted by Crippen LogP contribution is 2.32. The van der Waals surface area contributed by atoms with Crippen molar-refractivity contribution in [2.24, 2.45) is 0 Å². The van der Waals surface area contributed by atoms with Crippen molar-refractivity contribution in [1.29, 1.82) is 0 Å². The normalized spacial score (nSPS) is 12.0. The van der Waals surface area contributed by atoms with Crippen molar-refractivity contribution in [3.8, 4) is 11.5 Å². The van der Waals surface area contributed by atoms with Gasteiger partial charge in [0, 0.05) is 16.8 Å². The maximum atomic E-state index is 12.5. The summed E-state index contributed by atoms with van der Waals surface area (Å²) in [5, 5.41) is 12.9. The molecule has 2 aromatic carbocycles. The van der Waals surface area contributed by atoms with Crippen molar-refractivity contribution in [2.45, 2.75) is 45.0 Å². The number of hydrogen-bond acceptors (Lipinski definition) is 6. The number of halogens is 1. The fraction of sp³-hybridized carbons (Fsp3) is 0.348. The van der Waals surface area contributed by atoms with Crippen molar-refractivity contribution in [3.05, 3.63) is 58.9 Å². The van der Waals surface area contributed by atoms with Gasteiger partial charge in [0.1, 0.15) is 0 Å². The van der Waals surface area contributed by atoms with E-state index in [1.165, 1.54) is 11.8 Å². The molecule has 0 aliphatic rings. The monoisotopic (exact) mass is 474 g/mol. The molecule has 3 rings (SSSR count). The van der Waals surface area contributed by atoms with Gasteiger partial charge in [0.15, 0.2) is 28.6 Å². The lowest BCUT2D eigenvalue weighted by molar-refractivity contribution is -0.113. The molecule has 0 aliphatic heterocycles. The number of benzene rings is 2. The van der Waals surface area contributed by atoms with Crippen molar-refractivity contribution in [1.82, 2.24) is 14.8 Å². The Morgan fingerprint density at radius 2 is 1.88 bits per heavy atom. The van der Waals surface area contributed by atoms with Crippen molar-refractivity contribution in [2.75, 3.05) is 18.2 Å². The lowest BCUT2D eigenvalue weighted by Gasteiger charge is -2.19. The van der Waals surface area contributed by atoms with Gasteiger partial charge in [-0.25, -0.2) is 0 Å². The Hall–Kier alpha value is -2.71. The van der Waals surface area contributed by atoms with Gasteiger partial charge in [0.05, 0.1) is 12.9 Å². The average molecular weight is 475 g/mol. The summed E-state index contributed by atoms with van der Waals surface area (Å²) in [6.07, 6.45) is -0.360. The fourth-order valence-corrected chi connectivity index (χ4v) is 4.29. The zero-order valence-corrected chi connectivity index (χ0v) is 20.3. The molecule has 0 aliphatic carbocycles. The first-order chi connectivity index (χ1) is 15.3. The van der Waals surface area contributed by atoms with E-state index in [2.05, 4.69) is 15.5 Å². The Morgan fingerprint density at radius 3 is 2.53 bits per heavy atom. The first kappa shape index (κ1) is 23.9. The number of ether oxygens (including phenoxy) is 2. The standard InChI is InChI=1S/C23H27ClN4O3S/c1-14(2)28-22(16(4)31-20-9-7-6-8-19(20)30-5)26-27-23(28)32-13-21(29)25-18-11-10-17(24)12-15(18)3/h6-12,14,16H,13H2,1-5H3,(H,25,29). The predicted octanol–water partition coefficient (Wildman–Crippen LogP) is 5.70. The number of methoxy groups -OCH3 is 1. The van der Waals surface area contributed by atoms with Gasteiger partial charge in [-0.3, -0.25) is 4.79 Å². The zero-order chi connectivity index (χ0) is 23.3. The second-order valence-electron chi connectivity index (χ2n) is 7.51. The van der Waals surface area contributed by atoms with E-state index in [-0.39, 0.29) is 23.8 Å². The quantitative estimate of drug-likeness (QED) is 0.401. The maximum absolute atomic E-state index is 12.5. The summed E-state index contributed by atoms with van der Waals surface area (Å²) in [6, 6.07) is 12.9. The Labute approximate surface area is 197 Å². The number of para-hydroxylation sites is 2. The summed E-state index contributed by atoms with van der Waals surface area (Å²) >= 11 is 7.32. The maximum Gasteiger partial charge on any atom is 0.234 e. The van der Waals surface area contributed by atoms with Crippen LogP contribution in [-0.4, -0.2) is 33.5 Å². The highest BCUT2D eigenvalue weighted by molar-refractivity contribution is 7.99. The van der Waals surface area contributed by atoms with Crippen molar-refractivity contribution >= 4 is 35.0 Å². The van der Waals surface area contributed by atoms with E-state index in [1.807, 2.05) is 62.6 Å². The molecule has 0 spiro atoms. The molecule has 0 saturated carbocycles. The summed E-state index contributed by atoms with van der Waals surface area (Å²) in [5.41, 5.74) is 1.65. The van der Waals surface area contributed by atoms with Crippen LogP contribution in [0.15, 0.2) is 47.6 Å². The highest BCUT2D eigenvalue weighted by Gasteiger charge is 2.23. The van der Waals surface area contributed by atoms with Crippen LogP contribution in [0.3, 0.4) is 0 Å². The number of carbonyl (C=O) groups is 1. The van der Waals surface area contributed by atoms with Gasteiger partial charge < -0.3 is 19.4 Å². The van der Waals surface area contributed by atoms with Gasteiger partial charge >= 0.3 is 0 Å². The van der Waals surface area contributed by atoms with Crippen LogP contribution in [-0.2, 0) is 4.79 Å². The number of hydrogen-bond donors (Lipinski definition) is 1. The minimum absolute atomic E-state index is 0.0905. The van der Waals surface area contributed by atoms with Crippen LogP contribution in [0, 0.1) is 6.92 Å². The van der Waals surface area contributed by atoms with E-state index in [4.69, 9.17) is 21.1 Å². The number of nitrogens with zero attached hydrogens (tertiary/aromatic N) is 3. The molecule has 1 N–H and O–H groups in total. The van der Waals surface area contributed by atoms with Gasteiger partial charge in [-0.15, -0.1) is 10.2 Å². The molecule has 9 heteroatoms. The summed E-state index contributed by atoms with van der Waals surface area (Å²) in [4.78, 5) is 12.5. The largest absolute Gasteiger partial charge is 0.493 e. The molecule has 1 amide bonds. The minimum atomic E-state index is -0.360. The van der Waals surface area contributed by atoms with Crippen LogP contribution in [0.25, 0.3) is 0 Å². The molecule has 0 saturated heterocycles. The zero-order valence-electron chi connectivity index (χ0n) is 18.8. The third-order valence-corrected chi connectivity index (χ3v) is 5.92. The third kappa shape index (κ3) is 5.75. The number of anilines is 1. The minimum Gasteiger partial charge on any atom is -0.493 e. The van der Waals surface area contributed by atoms with Crippen LogP contribution in [0.2, 0.25) is 5.02 Å². The van der Waals surface area contributed by atoms with E-state index in [1.54, 1.807) is 19.2 Å². The number of aromatic nitrogens is 3. The van der Waals surface area contributed by atoms with Crippen molar-refractivity contribution in [3.63, 3.8) is 0 Å². The van der Waals surface area contributed by atoms with E-state index >= 15 is 0 Å². The predicted molar refractivity (Wildman–Crippen MR) is 128 cm³/mol. The topological polar surface area (TPSA) is 78.3 Å². The molecule has 0 radical (unpaired) electrons. The number of aryl methyl sites for hydroxylation is 1. The molecule has 7 nitrogen and oxygen atoms in total. The fourth-order valence-electron chi connectivity index (χ4n) is 3.19. The van der Waals surface area contributed by atoms with Crippen LogP contribution in [0.4, 0.5) is 5.69 Å². The number of rotatable bonds is 9. The molecule has 0 bridgehead atoms. The average Bonchev–Trinajstić information content (AvgIpc) is 3.19. The molecule has 3 aromatic rings. The molecule has 0 fully saturated rings. The SMILES string of the molecule is COc1ccccc1OC(C)c1nnc(SCC(=O)Nc2ccc(Cl)cc2C)n1C(C)C. The Balaban J connectivity index is 1.71. The Bertz CT molecular complexity index is 1090. The Morgan fingerprint density at radius 1 is 1.16 bits per heavy atom. The van der Waals surface area contributed by atoms with Gasteiger partial charge in [0.2, 0.25) is 5.91 Å². The molecule has 1 heterocycles. The van der Waals surface area contributed by atoms with Gasteiger partial charge in [-0.05, 0) is 63.6 Å². The molecular weight excluding hydrogens is 448 g/mol. The van der Waals surface area contributed by atoms with Crippen LogP contribution < -0.4 is 14.8 Å². The lowest BCUT2D eigenvalue weighted by Crippen LogP contribution is -2.17. The second-order valence-corrected chi connectivity index (χ2v) is 8.89. The number of nitrogens with one attached hydrogen (secondary N) is 1. The molecular formula is C23H27ClN4O3S. The second kappa shape index (κ2) is 10.7. The van der Waals surface area contributed by atoms with Gasteiger partial charge in [-0.1, -0.05) is 35.5 Å². The number of carbonyl (C=O) groups excluding carboxylic acids is 1. The van der Waals surface area contributed by atoms with E-state index in [0.29, 0.717) is 27.5 Å². The molecule has 1 unspecified atom stereocenters. The highest BCUT2D eigenvalue weighted by atomic mass is 35.5. The summed E-state index contributed by atoms with van der Waals surface area (Å²) in [6.45, 7) is 7.91. The summed E-state index contributed by atoms with van der Waals surface area (Å²) in [5.74, 6) is 2.04.